The summed E-state index contributed by atoms with van der Waals surface area (Å²) < 4.78 is 5.41. The quantitative estimate of drug-likeness (QED) is 0.757. The molecule has 2 rings (SSSR count). The zero-order valence-electron chi connectivity index (χ0n) is 8.51. The lowest BCUT2D eigenvalue weighted by Crippen LogP contribution is -1.79. The summed E-state index contributed by atoms with van der Waals surface area (Å²) in [5, 5.41) is 0. The predicted molar refractivity (Wildman–Crippen MR) is 66.4 cm³/mol. The van der Waals surface area contributed by atoms with Crippen LogP contribution in [0.4, 0.5) is 0 Å². The fourth-order valence-corrected chi connectivity index (χ4v) is 2.70. The van der Waals surface area contributed by atoms with Crippen LogP contribution in [0.15, 0.2) is 34.7 Å². The summed E-state index contributed by atoms with van der Waals surface area (Å²) in [5.41, 5.74) is 1.09. The highest BCUT2D eigenvalue weighted by molar-refractivity contribution is 8.00. The molecule has 2 nitrogen and oxygen atoms in total. The lowest BCUT2D eigenvalue weighted by Gasteiger charge is -1.92. The van der Waals surface area contributed by atoms with Crippen molar-refractivity contribution in [1.82, 2.24) is 9.36 Å². The van der Waals surface area contributed by atoms with Gasteiger partial charge in [-0.1, -0.05) is 49.0 Å². The van der Waals surface area contributed by atoms with Crippen LogP contribution in [0.2, 0.25) is 0 Å². The standard InChI is InChI=1S/C11H12N2S2/c1-2-8-14-11-12-10(13-15-11)9-6-4-3-5-7-9/h3-7H,2,8H2,1H3. The summed E-state index contributed by atoms with van der Waals surface area (Å²) in [6.45, 7) is 2.17. The summed E-state index contributed by atoms with van der Waals surface area (Å²) >= 11 is 3.27. The average Bonchev–Trinajstić information content (AvgIpc) is 2.76. The lowest BCUT2D eigenvalue weighted by atomic mass is 10.2. The van der Waals surface area contributed by atoms with Crippen molar-refractivity contribution in [2.24, 2.45) is 0 Å². The van der Waals surface area contributed by atoms with Crippen LogP contribution in [-0.4, -0.2) is 15.1 Å². The highest BCUT2D eigenvalue weighted by Gasteiger charge is 2.05. The van der Waals surface area contributed by atoms with E-state index in [2.05, 4.69) is 16.3 Å². The van der Waals surface area contributed by atoms with Crippen LogP contribution >= 0.6 is 23.3 Å². The summed E-state index contributed by atoms with van der Waals surface area (Å²) in [4.78, 5) is 4.49. The summed E-state index contributed by atoms with van der Waals surface area (Å²) in [7, 11) is 0. The third kappa shape index (κ3) is 2.79. The van der Waals surface area contributed by atoms with Crippen LogP contribution in [0.25, 0.3) is 11.4 Å². The molecular formula is C11H12N2S2. The molecule has 4 heteroatoms. The molecule has 0 aliphatic heterocycles. The molecule has 0 fully saturated rings. The number of hydrogen-bond donors (Lipinski definition) is 0. The van der Waals surface area contributed by atoms with E-state index in [0.29, 0.717) is 0 Å². The number of hydrogen-bond acceptors (Lipinski definition) is 4. The molecule has 1 heterocycles. The molecule has 0 radical (unpaired) electrons. The molecule has 1 aromatic carbocycles. The molecule has 0 spiro atoms. The molecule has 2 aromatic rings. The average molecular weight is 236 g/mol. The van der Waals surface area contributed by atoms with E-state index in [1.807, 2.05) is 30.3 Å². The Morgan fingerprint density at radius 2 is 2.07 bits per heavy atom. The van der Waals surface area contributed by atoms with Gasteiger partial charge in [0.25, 0.3) is 0 Å². The second kappa shape index (κ2) is 5.28. The zero-order valence-corrected chi connectivity index (χ0v) is 10.1. The predicted octanol–water partition coefficient (Wildman–Crippen LogP) is 3.71. The van der Waals surface area contributed by atoms with Crippen LogP contribution in [0, 0.1) is 0 Å². The second-order valence-electron chi connectivity index (χ2n) is 3.10. The van der Waals surface area contributed by atoms with Gasteiger partial charge in [-0.25, -0.2) is 4.98 Å². The molecule has 0 saturated carbocycles. The van der Waals surface area contributed by atoms with E-state index in [9.17, 15) is 0 Å². The van der Waals surface area contributed by atoms with Gasteiger partial charge in [0.05, 0.1) is 0 Å². The van der Waals surface area contributed by atoms with Gasteiger partial charge in [-0.15, -0.1) is 0 Å². The van der Waals surface area contributed by atoms with Crippen LogP contribution in [0.3, 0.4) is 0 Å². The van der Waals surface area contributed by atoms with Crippen LogP contribution in [0.1, 0.15) is 13.3 Å². The molecule has 0 saturated heterocycles. The smallest absolute Gasteiger partial charge is 0.174 e. The molecule has 0 amide bonds. The van der Waals surface area contributed by atoms with Gasteiger partial charge >= 0.3 is 0 Å². The lowest BCUT2D eigenvalue weighted by molar-refractivity contribution is 1.10. The van der Waals surface area contributed by atoms with Gasteiger partial charge in [0.2, 0.25) is 0 Å². The normalized spacial score (nSPS) is 10.5. The van der Waals surface area contributed by atoms with Crippen molar-refractivity contribution in [2.75, 3.05) is 5.75 Å². The first-order valence-corrected chi connectivity index (χ1v) is 6.68. The van der Waals surface area contributed by atoms with Crippen LogP contribution < -0.4 is 0 Å². The minimum absolute atomic E-state index is 0.846. The Morgan fingerprint density at radius 1 is 1.27 bits per heavy atom. The van der Waals surface area contributed by atoms with Gasteiger partial charge in [0, 0.05) is 11.3 Å². The van der Waals surface area contributed by atoms with E-state index in [1.54, 1.807) is 11.8 Å². The van der Waals surface area contributed by atoms with Crippen molar-refractivity contribution < 1.29 is 0 Å². The van der Waals surface area contributed by atoms with Gasteiger partial charge in [-0.05, 0) is 18.0 Å². The Morgan fingerprint density at radius 3 is 2.80 bits per heavy atom. The molecule has 1 aromatic heterocycles. The van der Waals surface area contributed by atoms with E-state index in [-0.39, 0.29) is 0 Å². The maximum Gasteiger partial charge on any atom is 0.174 e. The van der Waals surface area contributed by atoms with Gasteiger partial charge < -0.3 is 0 Å². The van der Waals surface area contributed by atoms with E-state index in [1.165, 1.54) is 18.0 Å². The third-order valence-electron chi connectivity index (χ3n) is 1.87. The highest BCUT2D eigenvalue weighted by atomic mass is 32.2. The summed E-state index contributed by atoms with van der Waals surface area (Å²) in [6.07, 6.45) is 1.17. The van der Waals surface area contributed by atoms with Crippen molar-refractivity contribution >= 4 is 23.3 Å². The van der Waals surface area contributed by atoms with Crippen molar-refractivity contribution in [1.29, 1.82) is 0 Å². The van der Waals surface area contributed by atoms with E-state index >= 15 is 0 Å². The number of benzene rings is 1. The number of rotatable bonds is 4. The molecule has 0 aliphatic rings. The fraction of sp³-hybridized carbons (Fsp3) is 0.273. The van der Waals surface area contributed by atoms with Crippen molar-refractivity contribution in [2.45, 2.75) is 17.7 Å². The van der Waals surface area contributed by atoms with E-state index in [4.69, 9.17) is 0 Å². The first-order valence-electron chi connectivity index (χ1n) is 4.92. The van der Waals surface area contributed by atoms with Gasteiger partial charge in [-0.2, -0.15) is 4.37 Å². The largest absolute Gasteiger partial charge is 0.208 e. The number of thioether (sulfide) groups is 1. The molecule has 0 atom stereocenters. The molecule has 78 valence electrons. The van der Waals surface area contributed by atoms with Crippen LogP contribution in [0.5, 0.6) is 0 Å². The Bertz CT molecular complexity index is 412. The topological polar surface area (TPSA) is 25.8 Å². The van der Waals surface area contributed by atoms with Crippen molar-refractivity contribution in [3.63, 3.8) is 0 Å². The third-order valence-corrected chi connectivity index (χ3v) is 3.91. The minimum atomic E-state index is 0.846. The molecule has 0 unspecified atom stereocenters. The van der Waals surface area contributed by atoms with E-state index < -0.39 is 0 Å². The first kappa shape index (κ1) is 10.6. The minimum Gasteiger partial charge on any atom is -0.208 e. The Labute approximate surface area is 97.9 Å². The van der Waals surface area contributed by atoms with Crippen molar-refractivity contribution in [3.8, 4) is 11.4 Å². The molecular weight excluding hydrogens is 224 g/mol. The number of nitrogens with zero attached hydrogens (tertiary/aromatic N) is 2. The molecule has 0 aliphatic carbocycles. The Kier molecular flexibility index (Phi) is 3.75. The maximum absolute atomic E-state index is 4.49. The van der Waals surface area contributed by atoms with Gasteiger partial charge in [-0.3, -0.25) is 0 Å². The van der Waals surface area contributed by atoms with Crippen LogP contribution in [-0.2, 0) is 0 Å². The zero-order chi connectivity index (χ0) is 10.5. The first-order chi connectivity index (χ1) is 7.40. The SMILES string of the molecule is CCCSc1nc(-c2ccccc2)ns1. The summed E-state index contributed by atoms with van der Waals surface area (Å²) in [6, 6.07) is 10.1. The Hall–Kier alpha value is -0.870. The van der Waals surface area contributed by atoms with E-state index in [0.717, 1.165) is 21.5 Å². The summed E-state index contributed by atoms with van der Waals surface area (Å²) in [5.74, 6) is 1.96. The maximum atomic E-state index is 4.49. The van der Waals surface area contributed by atoms with Crippen molar-refractivity contribution in [3.05, 3.63) is 30.3 Å². The Balaban J connectivity index is 2.14. The monoisotopic (exact) mass is 236 g/mol. The molecule has 0 N–H and O–H groups in total. The fourth-order valence-electron chi connectivity index (χ4n) is 1.16. The second-order valence-corrected chi connectivity index (χ2v) is 5.19. The molecule has 0 bridgehead atoms. The van der Waals surface area contributed by atoms with Gasteiger partial charge in [0.1, 0.15) is 0 Å². The number of aromatic nitrogens is 2. The highest BCUT2D eigenvalue weighted by Crippen LogP contribution is 2.25. The van der Waals surface area contributed by atoms with Gasteiger partial charge in [0.15, 0.2) is 10.2 Å². The molecule has 15 heavy (non-hydrogen) atoms.